The molecule has 0 unspecified atom stereocenters. The van der Waals surface area contributed by atoms with Crippen molar-refractivity contribution in [2.75, 3.05) is 7.05 Å². The summed E-state index contributed by atoms with van der Waals surface area (Å²) in [5, 5.41) is 12.1. The van der Waals surface area contributed by atoms with Crippen LogP contribution in [-0.2, 0) is 9.59 Å². The van der Waals surface area contributed by atoms with Crippen LogP contribution in [0.5, 0.6) is 0 Å². The number of likely N-dealkylation sites (N-methyl/N-ethyl adjacent to an activating group) is 1. The van der Waals surface area contributed by atoms with E-state index < -0.39 is 27.5 Å². The van der Waals surface area contributed by atoms with Gasteiger partial charge in [-0.25, -0.2) is 0 Å². The molecule has 0 bridgehead atoms. The Kier molecular flexibility index (Phi) is 7.76. The molecule has 0 fully saturated rings. The Balaban J connectivity index is 4.89. The number of carboxylic acid groups (broad SMARTS) is 1. The first kappa shape index (κ1) is 20.8. The summed E-state index contributed by atoms with van der Waals surface area (Å²) in [5.74, 6) is -0.979. The zero-order chi connectivity index (χ0) is 17.0. The zero-order valence-electron chi connectivity index (χ0n) is 13.9. The number of nitrogens with one attached hydrogen (secondary N) is 1. The predicted molar refractivity (Wildman–Crippen MR) is 91.6 cm³/mol. The van der Waals surface area contributed by atoms with Gasteiger partial charge in [-0.1, -0.05) is 35.4 Å². The van der Waals surface area contributed by atoms with Gasteiger partial charge in [-0.05, 0) is 34.7 Å². The molecule has 0 aliphatic rings. The lowest BCUT2D eigenvalue weighted by atomic mass is 9.93. The average molecular weight is 337 g/mol. The van der Waals surface area contributed by atoms with E-state index in [0.717, 1.165) is 0 Å². The third-order valence-corrected chi connectivity index (χ3v) is 7.59. The number of Topliss-reactive ketones (excluding diaryl/α,β-unsaturated/α-hetero) is 1. The van der Waals surface area contributed by atoms with E-state index in [9.17, 15) is 14.7 Å². The normalized spacial score (nSPS) is 15.9. The van der Waals surface area contributed by atoms with Gasteiger partial charge in [0.15, 0.2) is 5.78 Å². The first-order valence-corrected chi connectivity index (χ1v) is 9.08. The Bertz CT molecular complexity index is 384. The van der Waals surface area contributed by atoms with E-state index in [1.807, 2.05) is 41.5 Å². The van der Waals surface area contributed by atoms with Crippen LogP contribution in [0.4, 0.5) is 0 Å². The van der Waals surface area contributed by atoms with E-state index in [0.29, 0.717) is 0 Å². The standard InChI is InChI=1S/C14H28N2O3S2/c1-8(2)9(17)10(15)13(3,4)20-21-14(5,6)11(16-7)12(18)19/h8,10-11,16H,15H2,1-7H3,(H,18,19)/t10-,11-/m1/s1. The van der Waals surface area contributed by atoms with Gasteiger partial charge in [0, 0.05) is 15.4 Å². The molecule has 5 nitrogen and oxygen atoms in total. The number of aliphatic carboxylic acids is 1. The van der Waals surface area contributed by atoms with E-state index in [1.54, 1.807) is 7.05 Å². The molecule has 4 N–H and O–H groups in total. The van der Waals surface area contributed by atoms with Gasteiger partial charge in [0.2, 0.25) is 0 Å². The molecule has 7 heteroatoms. The van der Waals surface area contributed by atoms with Crippen LogP contribution in [0.15, 0.2) is 0 Å². The Morgan fingerprint density at radius 3 is 1.86 bits per heavy atom. The van der Waals surface area contributed by atoms with E-state index in [1.165, 1.54) is 21.6 Å². The molecule has 0 aromatic heterocycles. The van der Waals surface area contributed by atoms with Crippen LogP contribution in [0.2, 0.25) is 0 Å². The summed E-state index contributed by atoms with van der Waals surface area (Å²) in [5.41, 5.74) is 6.08. The van der Waals surface area contributed by atoms with Crippen LogP contribution in [0.1, 0.15) is 41.5 Å². The van der Waals surface area contributed by atoms with Crippen LogP contribution < -0.4 is 11.1 Å². The molecule has 0 radical (unpaired) electrons. The van der Waals surface area contributed by atoms with Crippen molar-refractivity contribution < 1.29 is 14.7 Å². The largest absolute Gasteiger partial charge is 0.480 e. The second-order valence-electron chi connectivity index (χ2n) is 6.47. The first-order valence-electron chi connectivity index (χ1n) is 6.93. The molecular formula is C14H28N2O3S2. The van der Waals surface area contributed by atoms with Gasteiger partial charge in [0.25, 0.3) is 0 Å². The zero-order valence-corrected chi connectivity index (χ0v) is 15.5. The van der Waals surface area contributed by atoms with Gasteiger partial charge >= 0.3 is 5.97 Å². The van der Waals surface area contributed by atoms with Crippen molar-refractivity contribution in [1.82, 2.24) is 5.32 Å². The van der Waals surface area contributed by atoms with E-state index >= 15 is 0 Å². The number of hydrogen-bond donors (Lipinski definition) is 3. The number of rotatable bonds is 9. The molecule has 0 aromatic rings. The lowest BCUT2D eigenvalue weighted by Crippen LogP contribution is -2.50. The molecule has 0 saturated heterocycles. The molecule has 0 aromatic carbocycles. The molecule has 0 amide bonds. The molecule has 0 aliphatic heterocycles. The summed E-state index contributed by atoms with van der Waals surface area (Å²) in [7, 11) is 4.54. The highest BCUT2D eigenvalue weighted by Crippen LogP contribution is 2.46. The summed E-state index contributed by atoms with van der Waals surface area (Å²) in [6.45, 7) is 11.2. The number of hydrogen-bond acceptors (Lipinski definition) is 6. The summed E-state index contributed by atoms with van der Waals surface area (Å²) in [4.78, 5) is 23.3. The minimum absolute atomic E-state index is 0.0225. The highest BCUT2D eigenvalue weighted by molar-refractivity contribution is 8.77. The molecule has 21 heavy (non-hydrogen) atoms. The van der Waals surface area contributed by atoms with Crippen LogP contribution in [0.25, 0.3) is 0 Å². The molecule has 0 spiro atoms. The first-order chi connectivity index (χ1) is 9.36. The average Bonchev–Trinajstić information content (AvgIpc) is 2.34. The maximum Gasteiger partial charge on any atom is 0.322 e. The minimum Gasteiger partial charge on any atom is -0.480 e. The lowest BCUT2D eigenvalue weighted by molar-refractivity contribution is -0.140. The number of ketones is 1. The topological polar surface area (TPSA) is 92.4 Å². The van der Waals surface area contributed by atoms with E-state index in [2.05, 4.69) is 5.32 Å². The maximum atomic E-state index is 12.1. The van der Waals surface area contributed by atoms with Crippen molar-refractivity contribution in [1.29, 1.82) is 0 Å². The minimum atomic E-state index is -0.893. The number of carbonyl (C=O) groups excluding carboxylic acids is 1. The molecular weight excluding hydrogens is 308 g/mol. The van der Waals surface area contributed by atoms with Crippen LogP contribution >= 0.6 is 21.6 Å². The molecule has 0 heterocycles. The monoisotopic (exact) mass is 336 g/mol. The van der Waals surface area contributed by atoms with Crippen molar-refractivity contribution >= 4 is 33.3 Å². The SMILES string of the molecule is CN[C@H](C(=O)O)C(C)(C)SSC(C)(C)[C@H](N)C(=O)C(C)C. The highest BCUT2D eigenvalue weighted by Gasteiger charge is 2.40. The van der Waals surface area contributed by atoms with E-state index in [-0.39, 0.29) is 11.7 Å². The quantitative estimate of drug-likeness (QED) is 0.556. The molecule has 0 aliphatic carbocycles. The smallest absolute Gasteiger partial charge is 0.322 e. The Morgan fingerprint density at radius 1 is 1.10 bits per heavy atom. The fraction of sp³-hybridized carbons (Fsp3) is 0.857. The molecule has 124 valence electrons. The van der Waals surface area contributed by atoms with Crippen LogP contribution in [-0.4, -0.2) is 45.5 Å². The Labute approximate surface area is 135 Å². The molecule has 2 atom stereocenters. The van der Waals surface area contributed by atoms with Crippen molar-refractivity contribution in [3.05, 3.63) is 0 Å². The third kappa shape index (κ3) is 5.81. The molecule has 0 saturated carbocycles. The summed E-state index contributed by atoms with van der Waals surface area (Å²) in [6, 6.07) is -1.26. The van der Waals surface area contributed by atoms with Gasteiger partial charge in [-0.3, -0.25) is 9.59 Å². The highest BCUT2D eigenvalue weighted by atomic mass is 33.1. The van der Waals surface area contributed by atoms with Crippen molar-refractivity contribution in [2.45, 2.75) is 63.1 Å². The van der Waals surface area contributed by atoms with Gasteiger partial charge in [0.1, 0.15) is 6.04 Å². The fourth-order valence-electron chi connectivity index (χ4n) is 1.78. The number of nitrogens with two attached hydrogens (primary N) is 1. The van der Waals surface area contributed by atoms with Gasteiger partial charge in [0.05, 0.1) is 6.04 Å². The summed E-state index contributed by atoms with van der Waals surface area (Å²) < 4.78 is -1.01. The van der Waals surface area contributed by atoms with Gasteiger partial charge < -0.3 is 16.2 Å². The fourth-order valence-corrected chi connectivity index (χ4v) is 4.64. The van der Waals surface area contributed by atoms with Gasteiger partial charge in [-0.2, -0.15) is 0 Å². The maximum absolute atomic E-state index is 12.1. The van der Waals surface area contributed by atoms with Crippen molar-refractivity contribution in [3.63, 3.8) is 0 Å². The van der Waals surface area contributed by atoms with Crippen molar-refractivity contribution in [2.24, 2.45) is 11.7 Å². The predicted octanol–water partition coefficient (Wildman–Crippen LogP) is 2.15. The summed E-state index contributed by atoms with van der Waals surface area (Å²) in [6.07, 6.45) is 0. The van der Waals surface area contributed by atoms with Gasteiger partial charge in [-0.15, -0.1) is 0 Å². The van der Waals surface area contributed by atoms with Crippen molar-refractivity contribution in [3.8, 4) is 0 Å². The van der Waals surface area contributed by atoms with Crippen LogP contribution in [0.3, 0.4) is 0 Å². The Hall–Kier alpha value is -0.240. The lowest BCUT2D eigenvalue weighted by Gasteiger charge is -2.36. The number of carbonyl (C=O) groups is 2. The Morgan fingerprint density at radius 2 is 1.52 bits per heavy atom. The second kappa shape index (κ2) is 7.85. The second-order valence-corrected chi connectivity index (χ2v) is 9.91. The summed E-state index contributed by atoms with van der Waals surface area (Å²) >= 11 is 0. The third-order valence-electron chi connectivity index (χ3n) is 3.33. The number of carboxylic acids is 1. The molecule has 0 rings (SSSR count). The van der Waals surface area contributed by atoms with E-state index in [4.69, 9.17) is 5.73 Å². The van der Waals surface area contributed by atoms with Crippen LogP contribution in [0, 0.1) is 5.92 Å².